The van der Waals surface area contributed by atoms with Crippen molar-refractivity contribution in [3.8, 4) is 0 Å². The van der Waals surface area contributed by atoms with E-state index in [4.69, 9.17) is 10.5 Å². The van der Waals surface area contributed by atoms with Crippen molar-refractivity contribution in [2.24, 2.45) is 17.6 Å². The highest BCUT2D eigenvalue weighted by atomic mass is 16.5. The third kappa shape index (κ3) is 5.59. The van der Waals surface area contributed by atoms with Crippen LogP contribution in [0.2, 0.25) is 0 Å². The summed E-state index contributed by atoms with van der Waals surface area (Å²) in [4.78, 5) is 12.0. The Morgan fingerprint density at radius 2 is 2.05 bits per heavy atom. The van der Waals surface area contributed by atoms with Gasteiger partial charge in [-0.3, -0.25) is 10.1 Å². The van der Waals surface area contributed by atoms with Gasteiger partial charge in [0.05, 0.1) is 6.61 Å². The first-order chi connectivity index (χ1) is 9.96. The number of rotatable bonds is 12. The van der Waals surface area contributed by atoms with Gasteiger partial charge >= 0.3 is 0 Å². The summed E-state index contributed by atoms with van der Waals surface area (Å²) in [5, 5.41) is 3.39. The van der Waals surface area contributed by atoms with E-state index in [2.05, 4.69) is 33.0 Å². The lowest BCUT2D eigenvalue weighted by Gasteiger charge is -2.34. The largest absolute Gasteiger partial charge is 0.379 e. The number of hydrogen-bond donors (Lipinski definition) is 2. The Balaban J connectivity index is 2.54. The summed E-state index contributed by atoms with van der Waals surface area (Å²) in [5.41, 5.74) is 5.04. The average molecular weight is 298 g/mol. The standard InChI is InChI=1S/C17H34N2O2/c1-5-7-8-14(6-2)11-21-12-17(16(18)20,15-9-10-15)19-13(3)4/h13-15,19H,5-12H2,1-4H3,(H2,18,20). The number of carbonyl (C=O) groups excluding carboxylic acids is 1. The molecule has 2 atom stereocenters. The van der Waals surface area contributed by atoms with E-state index in [-0.39, 0.29) is 11.9 Å². The zero-order valence-electron chi connectivity index (χ0n) is 14.3. The van der Waals surface area contributed by atoms with Gasteiger partial charge in [-0.2, -0.15) is 0 Å². The maximum Gasteiger partial charge on any atom is 0.240 e. The molecule has 1 amide bonds. The molecule has 0 heterocycles. The highest BCUT2D eigenvalue weighted by Crippen LogP contribution is 2.40. The van der Waals surface area contributed by atoms with Crippen LogP contribution in [0.15, 0.2) is 0 Å². The molecule has 1 fully saturated rings. The highest BCUT2D eigenvalue weighted by Gasteiger charge is 2.50. The second-order valence-electron chi connectivity index (χ2n) is 6.84. The molecule has 4 nitrogen and oxygen atoms in total. The molecule has 0 aromatic heterocycles. The predicted octanol–water partition coefficient (Wildman–Crippen LogP) is 2.85. The van der Waals surface area contributed by atoms with Gasteiger partial charge in [0, 0.05) is 12.6 Å². The lowest BCUT2D eigenvalue weighted by Crippen LogP contribution is -2.62. The van der Waals surface area contributed by atoms with Crippen molar-refractivity contribution in [3.05, 3.63) is 0 Å². The minimum absolute atomic E-state index is 0.226. The van der Waals surface area contributed by atoms with E-state index in [0.29, 0.717) is 18.4 Å². The number of amides is 1. The maximum atomic E-state index is 12.0. The molecule has 0 aliphatic heterocycles. The summed E-state index contributed by atoms with van der Waals surface area (Å²) in [7, 11) is 0. The van der Waals surface area contributed by atoms with Crippen LogP contribution >= 0.6 is 0 Å². The van der Waals surface area contributed by atoms with Crippen LogP contribution < -0.4 is 11.1 Å². The molecule has 0 spiro atoms. The molecule has 1 aliphatic carbocycles. The van der Waals surface area contributed by atoms with Crippen molar-refractivity contribution in [3.63, 3.8) is 0 Å². The molecule has 1 saturated carbocycles. The van der Waals surface area contributed by atoms with E-state index in [9.17, 15) is 4.79 Å². The summed E-state index contributed by atoms with van der Waals surface area (Å²) in [5.74, 6) is 0.669. The van der Waals surface area contributed by atoms with Crippen LogP contribution in [0.4, 0.5) is 0 Å². The van der Waals surface area contributed by atoms with Gasteiger partial charge in [0.2, 0.25) is 5.91 Å². The second kappa shape index (κ2) is 8.74. The van der Waals surface area contributed by atoms with Gasteiger partial charge in [0.25, 0.3) is 0 Å². The Kier molecular flexibility index (Phi) is 7.67. The fraction of sp³-hybridized carbons (Fsp3) is 0.941. The van der Waals surface area contributed by atoms with E-state index in [1.54, 1.807) is 0 Å². The fourth-order valence-electron chi connectivity index (χ4n) is 3.00. The summed E-state index contributed by atoms with van der Waals surface area (Å²) >= 11 is 0. The van der Waals surface area contributed by atoms with E-state index in [0.717, 1.165) is 25.9 Å². The summed E-state index contributed by atoms with van der Waals surface area (Å²) < 4.78 is 5.95. The molecule has 0 aromatic rings. The number of primary amides is 1. The molecule has 21 heavy (non-hydrogen) atoms. The third-order valence-corrected chi connectivity index (χ3v) is 4.49. The molecule has 1 rings (SSSR count). The fourth-order valence-corrected chi connectivity index (χ4v) is 3.00. The van der Waals surface area contributed by atoms with Crippen LogP contribution in [-0.2, 0) is 9.53 Å². The Morgan fingerprint density at radius 3 is 2.48 bits per heavy atom. The maximum absolute atomic E-state index is 12.0. The number of unbranched alkanes of at least 4 members (excludes halogenated alkanes) is 1. The van der Waals surface area contributed by atoms with Crippen molar-refractivity contribution in [1.29, 1.82) is 0 Å². The molecule has 0 radical (unpaired) electrons. The molecular weight excluding hydrogens is 264 g/mol. The number of ether oxygens (including phenoxy) is 1. The van der Waals surface area contributed by atoms with Crippen LogP contribution in [0.5, 0.6) is 0 Å². The summed E-state index contributed by atoms with van der Waals surface area (Å²) in [6.45, 7) is 9.67. The first kappa shape index (κ1) is 18.4. The minimum atomic E-state index is -0.669. The zero-order valence-corrected chi connectivity index (χ0v) is 14.3. The molecule has 124 valence electrons. The van der Waals surface area contributed by atoms with Crippen molar-refractivity contribution in [1.82, 2.24) is 5.32 Å². The topological polar surface area (TPSA) is 64.3 Å². The number of nitrogens with one attached hydrogen (secondary N) is 1. The van der Waals surface area contributed by atoms with Crippen molar-refractivity contribution < 1.29 is 9.53 Å². The van der Waals surface area contributed by atoms with Crippen molar-refractivity contribution in [2.75, 3.05) is 13.2 Å². The van der Waals surface area contributed by atoms with E-state index in [1.807, 2.05) is 0 Å². The number of hydrogen-bond acceptors (Lipinski definition) is 3. The molecule has 1 aliphatic rings. The van der Waals surface area contributed by atoms with Crippen molar-refractivity contribution >= 4 is 5.91 Å². The van der Waals surface area contributed by atoms with Gasteiger partial charge < -0.3 is 10.5 Å². The second-order valence-corrected chi connectivity index (χ2v) is 6.84. The Labute approximate surface area is 130 Å². The van der Waals surface area contributed by atoms with Crippen molar-refractivity contribution in [2.45, 2.75) is 77.8 Å². The quantitative estimate of drug-likeness (QED) is 0.582. The van der Waals surface area contributed by atoms with Gasteiger partial charge in [-0.25, -0.2) is 0 Å². The summed E-state index contributed by atoms with van der Waals surface area (Å²) in [6.07, 6.45) is 6.94. The average Bonchev–Trinajstić information content (AvgIpc) is 3.25. The SMILES string of the molecule is CCCCC(CC)COCC(NC(C)C)(C(N)=O)C1CC1. The van der Waals surface area contributed by atoms with Crippen LogP contribution in [0.25, 0.3) is 0 Å². The number of nitrogens with two attached hydrogens (primary N) is 1. The first-order valence-electron chi connectivity index (χ1n) is 8.61. The molecule has 2 unspecified atom stereocenters. The van der Waals surface area contributed by atoms with Crippen LogP contribution in [0, 0.1) is 11.8 Å². The van der Waals surface area contributed by atoms with Gasteiger partial charge in [-0.15, -0.1) is 0 Å². The normalized spacial score (nSPS) is 19.5. The van der Waals surface area contributed by atoms with E-state index in [1.165, 1.54) is 19.3 Å². The van der Waals surface area contributed by atoms with Gasteiger partial charge in [0.15, 0.2) is 0 Å². The smallest absolute Gasteiger partial charge is 0.240 e. The van der Waals surface area contributed by atoms with Crippen LogP contribution in [0.3, 0.4) is 0 Å². The first-order valence-corrected chi connectivity index (χ1v) is 8.61. The molecule has 3 N–H and O–H groups in total. The molecular formula is C17H34N2O2. The lowest BCUT2D eigenvalue weighted by molar-refractivity contribution is -0.129. The molecule has 0 bridgehead atoms. The Bertz CT molecular complexity index is 316. The summed E-state index contributed by atoms with van der Waals surface area (Å²) in [6, 6.07) is 0.226. The minimum Gasteiger partial charge on any atom is -0.379 e. The molecule has 0 saturated heterocycles. The van der Waals surface area contributed by atoms with Crippen LogP contribution in [0.1, 0.15) is 66.2 Å². The predicted molar refractivity (Wildman–Crippen MR) is 87.0 cm³/mol. The van der Waals surface area contributed by atoms with Crippen LogP contribution in [-0.4, -0.2) is 30.7 Å². The van der Waals surface area contributed by atoms with Gasteiger partial charge in [-0.05, 0) is 44.9 Å². The molecule has 4 heteroatoms. The highest BCUT2D eigenvalue weighted by molar-refractivity contribution is 5.85. The van der Waals surface area contributed by atoms with Gasteiger partial charge in [0.1, 0.15) is 5.54 Å². The lowest BCUT2D eigenvalue weighted by atomic mass is 9.92. The number of carbonyl (C=O) groups is 1. The Hall–Kier alpha value is -0.610. The third-order valence-electron chi connectivity index (χ3n) is 4.49. The monoisotopic (exact) mass is 298 g/mol. The van der Waals surface area contributed by atoms with E-state index < -0.39 is 5.54 Å². The zero-order chi connectivity index (χ0) is 15.9. The van der Waals surface area contributed by atoms with Gasteiger partial charge in [-0.1, -0.05) is 33.1 Å². The van der Waals surface area contributed by atoms with E-state index >= 15 is 0 Å². The molecule has 0 aromatic carbocycles. The Morgan fingerprint density at radius 1 is 1.38 bits per heavy atom.